The quantitative estimate of drug-likeness (QED) is 0.601. The molecular formula is C15H17NO2. The van der Waals surface area contributed by atoms with Gasteiger partial charge < -0.3 is 4.74 Å². The van der Waals surface area contributed by atoms with Gasteiger partial charge in [-0.1, -0.05) is 42.5 Å². The maximum absolute atomic E-state index is 12.1. The van der Waals surface area contributed by atoms with Crippen LogP contribution in [0.25, 0.3) is 0 Å². The van der Waals surface area contributed by atoms with Gasteiger partial charge in [-0.25, -0.2) is 0 Å². The monoisotopic (exact) mass is 243 g/mol. The minimum absolute atomic E-state index is 0.0475. The fourth-order valence-electron chi connectivity index (χ4n) is 2.78. The maximum Gasteiger partial charge on any atom is 0.323 e. The molecule has 3 heteroatoms. The number of esters is 1. The smallest absolute Gasteiger partial charge is 0.323 e. The van der Waals surface area contributed by atoms with Crippen molar-refractivity contribution < 1.29 is 9.53 Å². The second-order valence-corrected chi connectivity index (χ2v) is 4.88. The average molecular weight is 243 g/mol. The summed E-state index contributed by atoms with van der Waals surface area (Å²) in [6.07, 6.45) is 6.33. The molecule has 0 bridgehead atoms. The van der Waals surface area contributed by atoms with Gasteiger partial charge in [-0.15, -0.1) is 0 Å². The van der Waals surface area contributed by atoms with Crippen molar-refractivity contribution >= 4 is 5.97 Å². The second-order valence-electron chi connectivity index (χ2n) is 4.88. The molecule has 2 atom stereocenters. The summed E-state index contributed by atoms with van der Waals surface area (Å²) in [5, 5.41) is 0. The molecule has 0 amide bonds. The number of nitrogens with zero attached hydrogens (tertiary/aromatic N) is 1. The number of hydrogen-bond acceptors (Lipinski definition) is 3. The normalized spacial score (nSPS) is 26.2. The van der Waals surface area contributed by atoms with Crippen LogP contribution in [-0.4, -0.2) is 29.5 Å². The van der Waals surface area contributed by atoms with E-state index in [2.05, 4.69) is 17.1 Å². The van der Waals surface area contributed by atoms with Gasteiger partial charge in [-0.05, 0) is 18.4 Å². The van der Waals surface area contributed by atoms with E-state index in [0.29, 0.717) is 12.6 Å². The Hall–Kier alpha value is -1.61. The Bertz CT molecular complexity index is 455. The second kappa shape index (κ2) is 4.94. The Morgan fingerprint density at radius 3 is 2.94 bits per heavy atom. The van der Waals surface area contributed by atoms with Crippen molar-refractivity contribution in [1.82, 2.24) is 4.90 Å². The molecule has 1 saturated heterocycles. The summed E-state index contributed by atoms with van der Waals surface area (Å²) in [7, 11) is 0. The van der Waals surface area contributed by atoms with Crippen LogP contribution in [0.15, 0.2) is 42.5 Å². The lowest BCUT2D eigenvalue weighted by Gasteiger charge is -2.22. The molecule has 2 aliphatic heterocycles. The van der Waals surface area contributed by atoms with Crippen LogP contribution in [-0.2, 0) is 16.1 Å². The number of carbonyl (C=O) groups excluding carboxylic acids is 1. The van der Waals surface area contributed by atoms with E-state index in [4.69, 9.17) is 4.74 Å². The lowest BCUT2D eigenvalue weighted by Crippen LogP contribution is -2.38. The average Bonchev–Trinajstić information content (AvgIpc) is 2.99. The van der Waals surface area contributed by atoms with E-state index < -0.39 is 0 Å². The Morgan fingerprint density at radius 1 is 1.28 bits per heavy atom. The van der Waals surface area contributed by atoms with Crippen LogP contribution < -0.4 is 0 Å². The maximum atomic E-state index is 12.1. The molecule has 18 heavy (non-hydrogen) atoms. The fourth-order valence-corrected chi connectivity index (χ4v) is 2.78. The van der Waals surface area contributed by atoms with E-state index in [1.165, 1.54) is 0 Å². The molecular weight excluding hydrogens is 226 g/mol. The van der Waals surface area contributed by atoms with Crippen molar-refractivity contribution in [3.8, 4) is 0 Å². The molecule has 0 aromatic heterocycles. The van der Waals surface area contributed by atoms with Crippen molar-refractivity contribution in [2.75, 3.05) is 6.54 Å². The highest BCUT2D eigenvalue weighted by Crippen LogP contribution is 2.29. The zero-order valence-corrected chi connectivity index (χ0v) is 10.3. The summed E-state index contributed by atoms with van der Waals surface area (Å²) in [6.45, 7) is 1.26. The number of fused-ring (bicyclic) bond motifs is 1. The highest BCUT2D eigenvalue weighted by molar-refractivity contribution is 5.76. The standard InChI is InChI=1S/C15H17NO2/c17-15(18-11-12-5-2-1-3-6-12)14-9-8-13-7-4-10-16(13)14/h1-7,13-14H,8-11H2/t13-,14+/m1/s1. The van der Waals surface area contributed by atoms with Crippen molar-refractivity contribution in [3.05, 3.63) is 48.0 Å². The topological polar surface area (TPSA) is 29.5 Å². The van der Waals surface area contributed by atoms with Crippen LogP contribution in [0.1, 0.15) is 18.4 Å². The van der Waals surface area contributed by atoms with Gasteiger partial charge in [0.15, 0.2) is 0 Å². The number of hydrogen-bond donors (Lipinski definition) is 0. The number of ether oxygens (including phenoxy) is 1. The molecule has 94 valence electrons. The van der Waals surface area contributed by atoms with Crippen LogP contribution in [0.2, 0.25) is 0 Å². The third-order valence-electron chi connectivity index (χ3n) is 3.73. The van der Waals surface area contributed by atoms with Gasteiger partial charge in [0.1, 0.15) is 12.6 Å². The van der Waals surface area contributed by atoms with Crippen LogP contribution in [0.5, 0.6) is 0 Å². The SMILES string of the molecule is O=C(OCc1ccccc1)[C@@H]1CC[C@H]2C=CCN21. The molecule has 0 radical (unpaired) electrons. The lowest BCUT2D eigenvalue weighted by atomic mass is 10.2. The fraction of sp³-hybridized carbons (Fsp3) is 0.400. The first-order chi connectivity index (χ1) is 8.84. The molecule has 0 unspecified atom stereocenters. The van der Waals surface area contributed by atoms with Gasteiger partial charge in [0, 0.05) is 12.6 Å². The molecule has 0 saturated carbocycles. The lowest BCUT2D eigenvalue weighted by molar-refractivity contribution is -0.150. The van der Waals surface area contributed by atoms with E-state index in [9.17, 15) is 4.79 Å². The molecule has 0 N–H and O–H groups in total. The summed E-state index contributed by atoms with van der Waals surface area (Å²) in [4.78, 5) is 14.3. The molecule has 0 aliphatic carbocycles. The molecule has 3 nitrogen and oxygen atoms in total. The van der Waals surface area contributed by atoms with Crippen molar-refractivity contribution in [1.29, 1.82) is 0 Å². The number of carbonyl (C=O) groups is 1. The minimum Gasteiger partial charge on any atom is -0.460 e. The molecule has 0 spiro atoms. The van der Waals surface area contributed by atoms with Crippen LogP contribution >= 0.6 is 0 Å². The molecule has 3 rings (SSSR count). The molecule has 2 aliphatic rings. The molecule has 1 fully saturated rings. The molecule has 1 aromatic rings. The first-order valence-electron chi connectivity index (χ1n) is 6.47. The Labute approximate surface area is 107 Å². The van der Waals surface area contributed by atoms with E-state index in [1.54, 1.807) is 0 Å². The van der Waals surface area contributed by atoms with Crippen LogP contribution in [0, 0.1) is 0 Å². The number of rotatable bonds is 3. The summed E-state index contributed by atoms with van der Waals surface area (Å²) < 4.78 is 5.41. The zero-order valence-electron chi connectivity index (χ0n) is 10.3. The third-order valence-corrected chi connectivity index (χ3v) is 3.73. The van der Waals surface area contributed by atoms with E-state index in [-0.39, 0.29) is 12.0 Å². The summed E-state index contributed by atoms with van der Waals surface area (Å²) in [5.74, 6) is -0.0787. The van der Waals surface area contributed by atoms with Crippen LogP contribution in [0.3, 0.4) is 0 Å². The van der Waals surface area contributed by atoms with E-state index >= 15 is 0 Å². The van der Waals surface area contributed by atoms with Crippen molar-refractivity contribution in [2.45, 2.75) is 31.5 Å². The minimum atomic E-state index is -0.0787. The predicted octanol–water partition coefficient (Wildman–Crippen LogP) is 2.13. The van der Waals surface area contributed by atoms with Crippen molar-refractivity contribution in [2.24, 2.45) is 0 Å². The highest BCUT2D eigenvalue weighted by Gasteiger charge is 2.38. The Balaban J connectivity index is 1.56. The van der Waals surface area contributed by atoms with E-state index in [0.717, 1.165) is 24.9 Å². The van der Waals surface area contributed by atoms with E-state index in [1.807, 2.05) is 30.3 Å². The first kappa shape index (κ1) is 11.5. The summed E-state index contributed by atoms with van der Waals surface area (Å²) in [6, 6.07) is 10.2. The van der Waals surface area contributed by atoms with Gasteiger partial charge in [0.05, 0.1) is 0 Å². The Morgan fingerprint density at radius 2 is 2.11 bits per heavy atom. The number of benzene rings is 1. The molecule has 2 heterocycles. The zero-order chi connectivity index (χ0) is 12.4. The van der Waals surface area contributed by atoms with Gasteiger partial charge in [-0.2, -0.15) is 0 Å². The van der Waals surface area contributed by atoms with Crippen LogP contribution in [0.4, 0.5) is 0 Å². The van der Waals surface area contributed by atoms with Gasteiger partial charge in [0.2, 0.25) is 0 Å². The van der Waals surface area contributed by atoms with Gasteiger partial charge in [0.25, 0.3) is 0 Å². The predicted molar refractivity (Wildman–Crippen MR) is 68.9 cm³/mol. The van der Waals surface area contributed by atoms with Crippen molar-refractivity contribution in [3.63, 3.8) is 0 Å². The first-order valence-corrected chi connectivity index (χ1v) is 6.47. The summed E-state index contributed by atoms with van der Waals surface area (Å²) in [5.41, 5.74) is 1.04. The summed E-state index contributed by atoms with van der Waals surface area (Å²) >= 11 is 0. The third kappa shape index (κ3) is 2.18. The van der Waals surface area contributed by atoms with Gasteiger partial charge in [-0.3, -0.25) is 9.69 Å². The molecule has 1 aromatic carbocycles. The largest absolute Gasteiger partial charge is 0.460 e. The Kier molecular flexibility index (Phi) is 3.15. The van der Waals surface area contributed by atoms with Gasteiger partial charge >= 0.3 is 5.97 Å². The highest BCUT2D eigenvalue weighted by atomic mass is 16.5.